The van der Waals surface area contributed by atoms with Gasteiger partial charge in [-0.05, 0) is 39.0 Å². The van der Waals surface area contributed by atoms with Crippen molar-refractivity contribution in [3.63, 3.8) is 0 Å². The van der Waals surface area contributed by atoms with E-state index in [9.17, 15) is 9.90 Å². The molecular weight excluding hydrogens is 364 g/mol. The fraction of sp³-hybridized carbons (Fsp3) is 0.217. The van der Waals surface area contributed by atoms with Crippen molar-refractivity contribution in [2.45, 2.75) is 32.8 Å². The molecule has 0 aliphatic heterocycles. The Bertz CT molecular complexity index is 1170. The zero-order valence-electron chi connectivity index (χ0n) is 16.6. The minimum Gasteiger partial charge on any atom is -0.384 e. The van der Waals surface area contributed by atoms with Crippen molar-refractivity contribution in [2.75, 3.05) is 0 Å². The number of aryl methyl sites for hydroxylation is 1. The van der Waals surface area contributed by atoms with Crippen LogP contribution in [0, 0.1) is 6.92 Å². The fourth-order valence-corrected chi connectivity index (χ4v) is 3.23. The Morgan fingerprint density at radius 1 is 1.10 bits per heavy atom. The van der Waals surface area contributed by atoms with Crippen molar-refractivity contribution >= 4 is 11.4 Å². The Labute approximate surface area is 168 Å². The maximum atomic E-state index is 12.8. The van der Waals surface area contributed by atoms with Crippen LogP contribution in [0.15, 0.2) is 60.8 Å². The molecule has 146 valence electrons. The highest BCUT2D eigenvalue weighted by molar-refractivity contribution is 5.97. The first-order chi connectivity index (χ1) is 13.8. The lowest BCUT2D eigenvalue weighted by Crippen LogP contribution is -2.18. The Balaban J connectivity index is 1.68. The lowest BCUT2D eigenvalue weighted by atomic mass is 10.0. The van der Waals surface area contributed by atoms with Crippen LogP contribution in [0.2, 0.25) is 0 Å². The predicted molar refractivity (Wildman–Crippen MR) is 111 cm³/mol. The summed E-state index contributed by atoms with van der Waals surface area (Å²) in [7, 11) is 0. The molecule has 3 heterocycles. The number of nitrogens with zero attached hydrogens (tertiary/aromatic N) is 4. The Kier molecular flexibility index (Phi) is 4.72. The summed E-state index contributed by atoms with van der Waals surface area (Å²) in [4.78, 5) is 21.6. The quantitative estimate of drug-likeness (QED) is 0.528. The molecule has 3 aromatic heterocycles. The van der Waals surface area contributed by atoms with E-state index in [-0.39, 0.29) is 12.2 Å². The van der Waals surface area contributed by atoms with Gasteiger partial charge in [-0.3, -0.25) is 9.78 Å². The van der Waals surface area contributed by atoms with Crippen LogP contribution in [0.5, 0.6) is 0 Å². The molecule has 6 nitrogen and oxygen atoms in total. The van der Waals surface area contributed by atoms with Gasteiger partial charge in [0.15, 0.2) is 11.4 Å². The van der Waals surface area contributed by atoms with Crippen LogP contribution in [-0.2, 0) is 12.0 Å². The van der Waals surface area contributed by atoms with Crippen molar-refractivity contribution in [2.24, 2.45) is 0 Å². The van der Waals surface area contributed by atoms with Crippen molar-refractivity contribution in [3.05, 3.63) is 83.4 Å². The van der Waals surface area contributed by atoms with Gasteiger partial charge >= 0.3 is 0 Å². The highest BCUT2D eigenvalue weighted by Gasteiger charge is 2.19. The van der Waals surface area contributed by atoms with E-state index in [1.54, 1.807) is 30.5 Å². The molecule has 1 aromatic carbocycles. The van der Waals surface area contributed by atoms with E-state index in [1.807, 2.05) is 49.4 Å². The number of aliphatic hydroxyl groups is 1. The zero-order chi connectivity index (χ0) is 20.6. The smallest absolute Gasteiger partial charge is 0.170 e. The van der Waals surface area contributed by atoms with Crippen LogP contribution in [0.4, 0.5) is 0 Å². The number of pyridine rings is 1. The normalized spacial score (nSPS) is 11.7. The van der Waals surface area contributed by atoms with Gasteiger partial charge in [-0.25, -0.2) is 9.50 Å². The van der Waals surface area contributed by atoms with Crippen LogP contribution in [-0.4, -0.2) is 30.5 Å². The van der Waals surface area contributed by atoms with E-state index in [1.165, 1.54) is 6.20 Å². The first-order valence-corrected chi connectivity index (χ1v) is 9.45. The number of aromatic nitrogens is 4. The molecule has 0 aliphatic rings. The summed E-state index contributed by atoms with van der Waals surface area (Å²) < 4.78 is 1.80. The lowest BCUT2D eigenvalue weighted by molar-refractivity contribution is 0.0737. The third-order valence-electron chi connectivity index (χ3n) is 4.73. The number of hydrogen-bond acceptors (Lipinski definition) is 5. The number of fused-ring (bicyclic) bond motifs is 1. The summed E-state index contributed by atoms with van der Waals surface area (Å²) in [6, 6.07) is 17.1. The summed E-state index contributed by atoms with van der Waals surface area (Å²) >= 11 is 0. The van der Waals surface area contributed by atoms with E-state index in [0.717, 1.165) is 17.0 Å². The number of carbonyl (C=O) groups excluding carboxylic acids is 1. The number of hydrogen-bond donors (Lipinski definition) is 1. The van der Waals surface area contributed by atoms with E-state index in [2.05, 4.69) is 15.1 Å². The van der Waals surface area contributed by atoms with Crippen molar-refractivity contribution in [1.29, 1.82) is 0 Å². The maximum Gasteiger partial charge on any atom is 0.170 e. The number of rotatable bonds is 5. The second-order valence-electron chi connectivity index (χ2n) is 7.65. The average molecular weight is 386 g/mol. The first-order valence-electron chi connectivity index (χ1n) is 9.45. The predicted octanol–water partition coefficient (Wildman–Crippen LogP) is 3.75. The lowest BCUT2D eigenvalue weighted by Gasteiger charge is -2.16. The second kappa shape index (κ2) is 7.22. The fourth-order valence-electron chi connectivity index (χ4n) is 3.23. The molecule has 0 unspecified atom stereocenters. The summed E-state index contributed by atoms with van der Waals surface area (Å²) in [5.41, 5.74) is 4.12. The third kappa shape index (κ3) is 3.93. The largest absolute Gasteiger partial charge is 0.384 e. The van der Waals surface area contributed by atoms with Gasteiger partial charge in [0.1, 0.15) is 5.60 Å². The summed E-state index contributed by atoms with van der Waals surface area (Å²) in [6.07, 6.45) is 1.67. The monoisotopic (exact) mass is 386 g/mol. The number of ketones is 1. The molecule has 6 heteroatoms. The average Bonchev–Trinajstić information content (AvgIpc) is 3.07. The molecular formula is C23H22N4O2. The van der Waals surface area contributed by atoms with Gasteiger partial charge in [0.05, 0.1) is 29.2 Å². The highest BCUT2D eigenvalue weighted by Crippen LogP contribution is 2.22. The molecule has 0 saturated carbocycles. The van der Waals surface area contributed by atoms with Gasteiger partial charge in [-0.2, -0.15) is 5.10 Å². The minimum absolute atomic E-state index is 0.0769. The van der Waals surface area contributed by atoms with E-state index in [0.29, 0.717) is 22.6 Å². The summed E-state index contributed by atoms with van der Waals surface area (Å²) in [6.45, 7) is 5.24. The van der Waals surface area contributed by atoms with E-state index in [4.69, 9.17) is 0 Å². The Hall–Kier alpha value is -3.38. The standard InChI is InChI=1S/C23H22N4O2/c1-15-11-22-25-18(12-19(27(22)26-15)16-7-5-4-6-8-16)13-20(28)17-9-10-21(24-14-17)23(2,3)29/h4-12,14,29H,13H2,1-3H3. The Morgan fingerprint density at radius 3 is 2.52 bits per heavy atom. The molecule has 0 aliphatic carbocycles. The van der Waals surface area contributed by atoms with E-state index >= 15 is 0 Å². The van der Waals surface area contributed by atoms with Crippen LogP contribution < -0.4 is 0 Å². The molecule has 0 atom stereocenters. The molecule has 4 aromatic rings. The SMILES string of the molecule is Cc1cc2nc(CC(=O)c3ccc(C(C)(C)O)nc3)cc(-c3ccccc3)n2n1. The molecule has 0 saturated heterocycles. The highest BCUT2D eigenvalue weighted by atomic mass is 16.3. The molecule has 0 radical (unpaired) electrons. The van der Waals surface area contributed by atoms with Gasteiger partial charge in [0.2, 0.25) is 0 Å². The van der Waals surface area contributed by atoms with Crippen molar-refractivity contribution < 1.29 is 9.90 Å². The zero-order valence-corrected chi connectivity index (χ0v) is 16.6. The number of benzene rings is 1. The molecule has 0 bridgehead atoms. The summed E-state index contributed by atoms with van der Waals surface area (Å²) in [5, 5.41) is 14.6. The minimum atomic E-state index is -1.04. The molecule has 29 heavy (non-hydrogen) atoms. The molecule has 0 amide bonds. The van der Waals surface area contributed by atoms with Gasteiger partial charge in [0, 0.05) is 23.4 Å². The van der Waals surface area contributed by atoms with Crippen molar-refractivity contribution in [1.82, 2.24) is 19.6 Å². The second-order valence-corrected chi connectivity index (χ2v) is 7.65. The Morgan fingerprint density at radius 2 is 1.86 bits per heavy atom. The van der Waals surface area contributed by atoms with Crippen molar-refractivity contribution in [3.8, 4) is 11.3 Å². The third-order valence-corrected chi connectivity index (χ3v) is 4.73. The van der Waals surface area contributed by atoms with Gasteiger partial charge in [-0.1, -0.05) is 30.3 Å². The first kappa shape index (κ1) is 19.0. The number of carbonyl (C=O) groups is 1. The van der Waals surface area contributed by atoms with Gasteiger partial charge < -0.3 is 5.11 Å². The summed E-state index contributed by atoms with van der Waals surface area (Å²) in [5.74, 6) is -0.0769. The molecule has 4 rings (SSSR count). The molecule has 0 fully saturated rings. The molecule has 1 N–H and O–H groups in total. The number of Topliss-reactive ketones (excluding diaryl/α,β-unsaturated/α-hetero) is 1. The maximum absolute atomic E-state index is 12.8. The van der Waals surface area contributed by atoms with Crippen LogP contribution in [0.3, 0.4) is 0 Å². The topological polar surface area (TPSA) is 80.4 Å². The van der Waals surface area contributed by atoms with Crippen LogP contribution in [0.1, 0.15) is 41.3 Å². The molecule has 0 spiro atoms. The van der Waals surface area contributed by atoms with Crippen LogP contribution in [0.25, 0.3) is 16.9 Å². The van der Waals surface area contributed by atoms with E-state index < -0.39 is 5.60 Å². The van der Waals surface area contributed by atoms with Gasteiger partial charge in [0.25, 0.3) is 0 Å². The van der Waals surface area contributed by atoms with Crippen LogP contribution >= 0.6 is 0 Å². The van der Waals surface area contributed by atoms with Gasteiger partial charge in [-0.15, -0.1) is 0 Å².